The summed E-state index contributed by atoms with van der Waals surface area (Å²) in [5, 5.41) is 16.9. The van der Waals surface area contributed by atoms with Crippen molar-refractivity contribution in [1.29, 1.82) is 5.26 Å². The Bertz CT molecular complexity index is 1160. The Balaban J connectivity index is 1.69. The number of aromatic nitrogens is 5. The van der Waals surface area contributed by atoms with Gasteiger partial charge in [0.2, 0.25) is 0 Å². The van der Waals surface area contributed by atoms with Crippen LogP contribution in [0, 0.1) is 11.3 Å². The second-order valence-electron chi connectivity index (χ2n) is 5.70. The number of ketones is 1. The van der Waals surface area contributed by atoms with Crippen molar-refractivity contribution in [3.63, 3.8) is 0 Å². The maximum atomic E-state index is 12.8. The Labute approximate surface area is 153 Å². The monoisotopic (exact) mass is 356 g/mol. The second-order valence-corrected chi connectivity index (χ2v) is 5.70. The number of fused-ring (bicyclic) bond motifs is 1. The van der Waals surface area contributed by atoms with E-state index in [1.54, 1.807) is 41.1 Å². The molecule has 0 radical (unpaired) electrons. The summed E-state index contributed by atoms with van der Waals surface area (Å²) in [6, 6.07) is 10.6. The summed E-state index contributed by atoms with van der Waals surface area (Å²) in [5.74, 6) is 0.647. The molecule has 4 heterocycles. The third-order valence-corrected chi connectivity index (χ3v) is 3.81. The predicted octanol–water partition coefficient (Wildman–Crippen LogP) is 2.61. The van der Waals surface area contributed by atoms with Crippen LogP contribution in [0.2, 0.25) is 0 Å². The lowest BCUT2D eigenvalue weighted by Gasteiger charge is -2.09. The largest absolute Gasteiger partial charge is 0.454 e. The molecule has 0 saturated carbocycles. The van der Waals surface area contributed by atoms with Gasteiger partial charge >= 0.3 is 0 Å². The van der Waals surface area contributed by atoms with Gasteiger partial charge in [-0.25, -0.2) is 0 Å². The van der Waals surface area contributed by atoms with Crippen molar-refractivity contribution in [3.8, 4) is 17.6 Å². The molecule has 0 spiro atoms. The van der Waals surface area contributed by atoms with E-state index in [9.17, 15) is 4.79 Å². The van der Waals surface area contributed by atoms with E-state index in [4.69, 9.17) is 10.00 Å². The van der Waals surface area contributed by atoms with Crippen LogP contribution < -0.4 is 4.74 Å². The molecule has 8 nitrogen and oxygen atoms in total. The van der Waals surface area contributed by atoms with E-state index >= 15 is 0 Å². The highest BCUT2D eigenvalue weighted by Gasteiger charge is 2.16. The molecule has 0 atom stereocenters. The highest BCUT2D eigenvalue weighted by molar-refractivity contribution is 6.02. The summed E-state index contributed by atoms with van der Waals surface area (Å²) in [4.78, 5) is 20.9. The van der Waals surface area contributed by atoms with Gasteiger partial charge in [-0.1, -0.05) is 6.07 Å². The molecule has 0 amide bonds. The molecule has 0 N–H and O–H groups in total. The maximum Gasteiger partial charge on any atom is 0.172 e. The van der Waals surface area contributed by atoms with Crippen LogP contribution in [0.5, 0.6) is 11.5 Å². The Morgan fingerprint density at radius 3 is 2.96 bits per heavy atom. The third kappa shape index (κ3) is 3.48. The molecule has 0 aliphatic rings. The summed E-state index contributed by atoms with van der Waals surface area (Å²) in [7, 11) is 0. The molecule has 4 aromatic rings. The van der Waals surface area contributed by atoms with Crippen LogP contribution in [0.3, 0.4) is 0 Å². The Kier molecular flexibility index (Phi) is 4.25. The molecule has 0 aromatic carbocycles. The van der Waals surface area contributed by atoms with Crippen molar-refractivity contribution in [3.05, 3.63) is 78.3 Å². The minimum atomic E-state index is -0.152. The van der Waals surface area contributed by atoms with Gasteiger partial charge in [-0.15, -0.1) is 10.2 Å². The van der Waals surface area contributed by atoms with Crippen LogP contribution in [0.4, 0.5) is 0 Å². The van der Waals surface area contributed by atoms with E-state index in [-0.39, 0.29) is 12.2 Å². The lowest BCUT2D eigenvalue weighted by molar-refractivity contribution is 0.0992. The minimum absolute atomic E-state index is 0.137. The Hall–Kier alpha value is -4.12. The minimum Gasteiger partial charge on any atom is -0.454 e. The van der Waals surface area contributed by atoms with Crippen LogP contribution in [-0.2, 0) is 6.42 Å². The van der Waals surface area contributed by atoms with Crippen molar-refractivity contribution < 1.29 is 9.53 Å². The maximum absolute atomic E-state index is 12.8. The standard InChI is InChI=1S/C19H12N6O2/c20-8-13-5-15(10-21-9-13)27-16-7-17(19-24-23-12-25(19)11-16)18(26)6-14-3-1-2-4-22-14/h1-5,7,9-12H,6H2. The zero-order valence-electron chi connectivity index (χ0n) is 14.0. The summed E-state index contributed by atoms with van der Waals surface area (Å²) in [6.07, 6.45) is 7.86. The number of hydrogen-bond donors (Lipinski definition) is 0. The van der Waals surface area contributed by atoms with Crippen molar-refractivity contribution in [1.82, 2.24) is 24.6 Å². The van der Waals surface area contributed by atoms with Gasteiger partial charge in [0.25, 0.3) is 0 Å². The molecule has 4 aromatic heterocycles. The topological polar surface area (TPSA) is 106 Å². The summed E-state index contributed by atoms with van der Waals surface area (Å²) in [5.41, 5.74) is 1.86. The lowest BCUT2D eigenvalue weighted by atomic mass is 10.1. The molecule has 130 valence electrons. The Morgan fingerprint density at radius 2 is 2.15 bits per heavy atom. The van der Waals surface area contributed by atoms with Crippen LogP contribution in [0.15, 0.2) is 61.4 Å². The third-order valence-electron chi connectivity index (χ3n) is 3.81. The molecule has 0 aliphatic carbocycles. The van der Waals surface area contributed by atoms with Crippen LogP contribution in [-0.4, -0.2) is 30.3 Å². The molecule has 4 rings (SSSR count). The van der Waals surface area contributed by atoms with Crippen molar-refractivity contribution in [2.45, 2.75) is 6.42 Å². The SMILES string of the molecule is N#Cc1cncc(Oc2cc(C(=O)Cc3ccccn3)c3nncn3c2)c1. The summed E-state index contributed by atoms with van der Waals surface area (Å²) >= 11 is 0. The Morgan fingerprint density at radius 1 is 1.22 bits per heavy atom. The fraction of sp³-hybridized carbons (Fsp3) is 0.0526. The normalized spacial score (nSPS) is 10.5. The fourth-order valence-corrected chi connectivity index (χ4v) is 2.61. The zero-order valence-corrected chi connectivity index (χ0v) is 14.0. The number of carbonyl (C=O) groups excluding carboxylic acids is 1. The first kappa shape index (κ1) is 16.4. The molecular formula is C19H12N6O2. The number of nitriles is 1. The molecule has 8 heteroatoms. The number of Topliss-reactive ketones (excluding diaryl/α,β-unsaturated/α-hetero) is 1. The second kappa shape index (κ2) is 7.01. The van der Waals surface area contributed by atoms with Gasteiger partial charge in [-0.2, -0.15) is 5.26 Å². The van der Waals surface area contributed by atoms with Crippen LogP contribution in [0.1, 0.15) is 21.6 Å². The van der Waals surface area contributed by atoms with Crippen molar-refractivity contribution in [2.75, 3.05) is 0 Å². The van der Waals surface area contributed by atoms with E-state index in [1.165, 1.54) is 18.7 Å². The highest BCUT2D eigenvalue weighted by Crippen LogP contribution is 2.24. The number of nitrogens with zero attached hydrogens (tertiary/aromatic N) is 6. The van der Waals surface area contributed by atoms with E-state index < -0.39 is 0 Å². The number of hydrogen-bond acceptors (Lipinski definition) is 7. The van der Waals surface area contributed by atoms with Gasteiger partial charge in [0.1, 0.15) is 23.9 Å². The molecular weight excluding hydrogens is 344 g/mol. The average Bonchev–Trinajstić information content (AvgIpc) is 3.17. The van der Waals surface area contributed by atoms with E-state index in [0.717, 1.165) is 0 Å². The summed E-state index contributed by atoms with van der Waals surface area (Å²) < 4.78 is 7.40. The number of carbonyl (C=O) groups is 1. The van der Waals surface area contributed by atoms with E-state index in [0.29, 0.717) is 34.0 Å². The molecule has 0 aliphatic heterocycles. The average molecular weight is 356 g/mol. The van der Waals surface area contributed by atoms with Gasteiger partial charge in [-0.3, -0.25) is 19.2 Å². The molecule has 0 bridgehead atoms. The molecule has 27 heavy (non-hydrogen) atoms. The molecule has 0 fully saturated rings. The molecule has 0 unspecified atom stereocenters. The molecule has 0 saturated heterocycles. The van der Waals surface area contributed by atoms with Crippen LogP contribution >= 0.6 is 0 Å². The predicted molar refractivity (Wildman–Crippen MR) is 94.3 cm³/mol. The lowest BCUT2D eigenvalue weighted by Crippen LogP contribution is -2.08. The number of pyridine rings is 3. The van der Waals surface area contributed by atoms with Gasteiger partial charge in [-0.05, 0) is 18.2 Å². The van der Waals surface area contributed by atoms with Gasteiger partial charge in [0, 0.05) is 24.2 Å². The first-order chi connectivity index (χ1) is 13.2. The van der Waals surface area contributed by atoms with Crippen molar-refractivity contribution in [2.24, 2.45) is 0 Å². The smallest absolute Gasteiger partial charge is 0.172 e. The quantitative estimate of drug-likeness (QED) is 0.506. The highest BCUT2D eigenvalue weighted by atomic mass is 16.5. The fourth-order valence-electron chi connectivity index (χ4n) is 2.61. The first-order valence-electron chi connectivity index (χ1n) is 8.02. The zero-order chi connectivity index (χ0) is 18.6. The van der Waals surface area contributed by atoms with Gasteiger partial charge in [0.05, 0.1) is 29.9 Å². The van der Waals surface area contributed by atoms with Crippen molar-refractivity contribution >= 4 is 11.4 Å². The van der Waals surface area contributed by atoms with E-state index in [1.807, 2.05) is 12.1 Å². The number of rotatable bonds is 5. The summed E-state index contributed by atoms with van der Waals surface area (Å²) in [6.45, 7) is 0. The van der Waals surface area contributed by atoms with Crippen LogP contribution in [0.25, 0.3) is 5.65 Å². The van der Waals surface area contributed by atoms with Gasteiger partial charge in [0.15, 0.2) is 11.4 Å². The number of ether oxygens (including phenoxy) is 1. The van der Waals surface area contributed by atoms with E-state index in [2.05, 4.69) is 20.2 Å². The first-order valence-corrected chi connectivity index (χ1v) is 8.02. The van der Waals surface area contributed by atoms with Gasteiger partial charge < -0.3 is 4.74 Å².